The first-order valence-electron chi connectivity index (χ1n) is 5.81. The van der Waals surface area contributed by atoms with Gasteiger partial charge in [-0.2, -0.15) is 0 Å². The SMILES string of the molecule is CCc1ccc(NC(=O)C(N)CCOC)cc1. The van der Waals surface area contributed by atoms with Crippen molar-refractivity contribution in [2.75, 3.05) is 19.0 Å². The van der Waals surface area contributed by atoms with E-state index in [0.29, 0.717) is 13.0 Å². The maximum atomic E-state index is 11.7. The third kappa shape index (κ3) is 4.54. The van der Waals surface area contributed by atoms with E-state index in [1.807, 2.05) is 24.3 Å². The first-order chi connectivity index (χ1) is 8.17. The molecule has 0 spiro atoms. The van der Waals surface area contributed by atoms with Crippen LogP contribution in [0.4, 0.5) is 5.69 Å². The summed E-state index contributed by atoms with van der Waals surface area (Å²) in [4.78, 5) is 11.7. The van der Waals surface area contributed by atoms with Crippen molar-refractivity contribution < 1.29 is 9.53 Å². The van der Waals surface area contributed by atoms with Crippen LogP contribution in [-0.2, 0) is 16.0 Å². The molecule has 0 bridgehead atoms. The summed E-state index contributed by atoms with van der Waals surface area (Å²) in [7, 11) is 1.59. The van der Waals surface area contributed by atoms with Gasteiger partial charge in [-0.15, -0.1) is 0 Å². The molecule has 0 aliphatic rings. The van der Waals surface area contributed by atoms with Gasteiger partial charge < -0.3 is 15.8 Å². The minimum atomic E-state index is -0.527. The van der Waals surface area contributed by atoms with Gasteiger partial charge in [0.2, 0.25) is 5.91 Å². The lowest BCUT2D eigenvalue weighted by molar-refractivity contribution is -0.117. The summed E-state index contributed by atoms with van der Waals surface area (Å²) in [5.41, 5.74) is 7.74. The molecule has 17 heavy (non-hydrogen) atoms. The summed E-state index contributed by atoms with van der Waals surface area (Å²) in [6, 6.07) is 7.24. The molecule has 1 unspecified atom stereocenters. The molecule has 1 amide bonds. The molecule has 1 aromatic carbocycles. The van der Waals surface area contributed by atoms with Crippen molar-refractivity contribution in [3.05, 3.63) is 29.8 Å². The monoisotopic (exact) mass is 236 g/mol. The summed E-state index contributed by atoms with van der Waals surface area (Å²) < 4.78 is 4.88. The number of nitrogens with two attached hydrogens (primary N) is 1. The van der Waals surface area contributed by atoms with Crippen LogP contribution in [0.25, 0.3) is 0 Å². The highest BCUT2D eigenvalue weighted by Crippen LogP contribution is 2.10. The number of nitrogens with one attached hydrogen (secondary N) is 1. The molecule has 94 valence electrons. The number of methoxy groups -OCH3 is 1. The van der Waals surface area contributed by atoms with Gasteiger partial charge in [0, 0.05) is 19.4 Å². The maximum absolute atomic E-state index is 11.7. The zero-order valence-electron chi connectivity index (χ0n) is 10.4. The van der Waals surface area contributed by atoms with Crippen molar-refractivity contribution in [3.63, 3.8) is 0 Å². The fraction of sp³-hybridized carbons (Fsp3) is 0.462. The van der Waals surface area contributed by atoms with Crippen LogP contribution in [0.2, 0.25) is 0 Å². The van der Waals surface area contributed by atoms with E-state index in [1.54, 1.807) is 7.11 Å². The number of carbonyl (C=O) groups excluding carboxylic acids is 1. The van der Waals surface area contributed by atoms with Crippen molar-refractivity contribution >= 4 is 11.6 Å². The van der Waals surface area contributed by atoms with E-state index in [4.69, 9.17) is 10.5 Å². The normalized spacial score (nSPS) is 12.2. The molecule has 3 N–H and O–H groups in total. The summed E-state index contributed by atoms with van der Waals surface area (Å²) in [5.74, 6) is -0.175. The highest BCUT2D eigenvalue weighted by atomic mass is 16.5. The van der Waals surface area contributed by atoms with Crippen molar-refractivity contribution in [3.8, 4) is 0 Å². The number of rotatable bonds is 6. The third-order valence-electron chi connectivity index (χ3n) is 2.60. The van der Waals surface area contributed by atoms with Crippen LogP contribution in [0.1, 0.15) is 18.9 Å². The van der Waals surface area contributed by atoms with Gasteiger partial charge >= 0.3 is 0 Å². The molecule has 0 radical (unpaired) electrons. The average Bonchev–Trinajstić information content (AvgIpc) is 2.36. The molecule has 0 fully saturated rings. The Balaban J connectivity index is 2.49. The number of aryl methyl sites for hydroxylation is 1. The highest BCUT2D eigenvalue weighted by molar-refractivity contribution is 5.94. The van der Waals surface area contributed by atoms with E-state index in [2.05, 4.69) is 12.2 Å². The number of hydrogen-bond donors (Lipinski definition) is 2. The molecule has 1 rings (SSSR count). The van der Waals surface area contributed by atoms with Crippen LogP contribution in [0.15, 0.2) is 24.3 Å². The molecule has 0 saturated heterocycles. The van der Waals surface area contributed by atoms with E-state index >= 15 is 0 Å². The smallest absolute Gasteiger partial charge is 0.241 e. The molecule has 4 heteroatoms. The zero-order valence-corrected chi connectivity index (χ0v) is 10.4. The second kappa shape index (κ2) is 7.04. The lowest BCUT2D eigenvalue weighted by Gasteiger charge is -2.11. The quantitative estimate of drug-likeness (QED) is 0.787. The van der Waals surface area contributed by atoms with Gasteiger partial charge in [0.15, 0.2) is 0 Å². The Morgan fingerprint density at radius 2 is 2.06 bits per heavy atom. The fourth-order valence-electron chi connectivity index (χ4n) is 1.43. The summed E-state index contributed by atoms with van der Waals surface area (Å²) in [6.45, 7) is 2.58. The van der Waals surface area contributed by atoms with E-state index in [9.17, 15) is 4.79 Å². The molecule has 0 aliphatic carbocycles. The lowest BCUT2D eigenvalue weighted by Crippen LogP contribution is -2.36. The summed E-state index contributed by atoms with van der Waals surface area (Å²) in [5, 5.41) is 2.78. The molecular formula is C13H20N2O2. The number of amides is 1. The second-order valence-corrected chi connectivity index (χ2v) is 3.93. The first kappa shape index (κ1) is 13.7. The Morgan fingerprint density at radius 1 is 1.41 bits per heavy atom. The van der Waals surface area contributed by atoms with Gasteiger partial charge in [-0.05, 0) is 30.5 Å². The zero-order chi connectivity index (χ0) is 12.7. The molecule has 0 saturated carbocycles. The van der Waals surface area contributed by atoms with Crippen molar-refractivity contribution in [2.45, 2.75) is 25.8 Å². The van der Waals surface area contributed by atoms with E-state index in [1.165, 1.54) is 5.56 Å². The standard InChI is InChI=1S/C13H20N2O2/c1-3-10-4-6-11(7-5-10)15-13(16)12(14)8-9-17-2/h4-7,12H,3,8-9,14H2,1-2H3,(H,15,16). The second-order valence-electron chi connectivity index (χ2n) is 3.93. The Morgan fingerprint density at radius 3 is 2.59 bits per heavy atom. The molecule has 4 nitrogen and oxygen atoms in total. The van der Waals surface area contributed by atoms with Crippen LogP contribution >= 0.6 is 0 Å². The minimum absolute atomic E-state index is 0.175. The molecule has 0 aliphatic heterocycles. The molecule has 0 heterocycles. The van der Waals surface area contributed by atoms with Gasteiger partial charge in [0.25, 0.3) is 0 Å². The van der Waals surface area contributed by atoms with E-state index in [0.717, 1.165) is 12.1 Å². The molecule has 0 aromatic heterocycles. The Hall–Kier alpha value is -1.39. The van der Waals surface area contributed by atoms with Crippen molar-refractivity contribution in [2.24, 2.45) is 5.73 Å². The van der Waals surface area contributed by atoms with Gasteiger partial charge in [0.05, 0.1) is 6.04 Å². The molecule has 1 aromatic rings. The summed E-state index contributed by atoms with van der Waals surface area (Å²) in [6.07, 6.45) is 1.51. The van der Waals surface area contributed by atoms with Crippen molar-refractivity contribution in [1.82, 2.24) is 0 Å². The number of hydrogen-bond acceptors (Lipinski definition) is 3. The van der Waals surface area contributed by atoms with Crippen molar-refractivity contribution in [1.29, 1.82) is 0 Å². The lowest BCUT2D eigenvalue weighted by atomic mass is 10.1. The first-order valence-corrected chi connectivity index (χ1v) is 5.81. The molecular weight excluding hydrogens is 216 g/mol. The highest BCUT2D eigenvalue weighted by Gasteiger charge is 2.12. The van der Waals surface area contributed by atoms with Crippen LogP contribution in [0.3, 0.4) is 0 Å². The third-order valence-corrected chi connectivity index (χ3v) is 2.60. The number of carbonyl (C=O) groups is 1. The predicted octanol–water partition coefficient (Wildman–Crippen LogP) is 1.55. The van der Waals surface area contributed by atoms with E-state index in [-0.39, 0.29) is 5.91 Å². The summed E-state index contributed by atoms with van der Waals surface area (Å²) >= 11 is 0. The van der Waals surface area contributed by atoms with Gasteiger partial charge in [-0.3, -0.25) is 4.79 Å². The maximum Gasteiger partial charge on any atom is 0.241 e. The van der Waals surface area contributed by atoms with Gasteiger partial charge in [-0.25, -0.2) is 0 Å². The van der Waals surface area contributed by atoms with E-state index < -0.39 is 6.04 Å². The number of anilines is 1. The van der Waals surface area contributed by atoms with Crippen LogP contribution in [0, 0.1) is 0 Å². The topological polar surface area (TPSA) is 64.4 Å². The fourth-order valence-corrected chi connectivity index (χ4v) is 1.43. The predicted molar refractivity (Wildman–Crippen MR) is 68.9 cm³/mol. The minimum Gasteiger partial charge on any atom is -0.385 e. The Labute approximate surface area is 102 Å². The number of ether oxygens (including phenoxy) is 1. The number of benzene rings is 1. The largest absolute Gasteiger partial charge is 0.385 e. The molecule has 1 atom stereocenters. The Bertz CT molecular complexity index is 349. The van der Waals surface area contributed by atoms with Crippen LogP contribution < -0.4 is 11.1 Å². The van der Waals surface area contributed by atoms with Crippen LogP contribution in [-0.4, -0.2) is 25.7 Å². The van der Waals surface area contributed by atoms with Crippen LogP contribution in [0.5, 0.6) is 0 Å². The van der Waals surface area contributed by atoms with Gasteiger partial charge in [-0.1, -0.05) is 19.1 Å². The van der Waals surface area contributed by atoms with Gasteiger partial charge in [0.1, 0.15) is 0 Å². The average molecular weight is 236 g/mol. The Kier molecular flexibility index (Phi) is 5.66.